The van der Waals surface area contributed by atoms with E-state index in [1.54, 1.807) is 0 Å². The molecular formula is C17H29N3O. The molecule has 4 heteroatoms. The minimum Gasteiger partial charge on any atom is -0.492 e. The molecule has 0 atom stereocenters. The second kappa shape index (κ2) is 9.03. The van der Waals surface area contributed by atoms with Crippen LogP contribution >= 0.6 is 0 Å². The van der Waals surface area contributed by atoms with E-state index < -0.39 is 0 Å². The van der Waals surface area contributed by atoms with E-state index in [9.17, 15) is 0 Å². The number of para-hydroxylation sites is 1. The van der Waals surface area contributed by atoms with E-state index in [0.717, 1.165) is 64.7 Å². The van der Waals surface area contributed by atoms with Crippen LogP contribution in [0.15, 0.2) is 24.3 Å². The summed E-state index contributed by atoms with van der Waals surface area (Å²) in [5.74, 6) is 1.05. The van der Waals surface area contributed by atoms with Crippen molar-refractivity contribution in [2.24, 2.45) is 0 Å². The Kier molecular flexibility index (Phi) is 7.00. The summed E-state index contributed by atoms with van der Waals surface area (Å²) in [7, 11) is 0. The molecule has 0 bridgehead atoms. The molecule has 0 saturated carbocycles. The summed E-state index contributed by atoms with van der Waals surface area (Å²) >= 11 is 0. The van der Waals surface area contributed by atoms with E-state index in [2.05, 4.69) is 47.2 Å². The zero-order valence-corrected chi connectivity index (χ0v) is 13.5. The highest BCUT2D eigenvalue weighted by molar-refractivity contribution is 5.33. The topological polar surface area (TPSA) is 27.7 Å². The third-order valence-electron chi connectivity index (χ3n) is 4.14. The van der Waals surface area contributed by atoms with Gasteiger partial charge in [-0.2, -0.15) is 0 Å². The van der Waals surface area contributed by atoms with Crippen molar-refractivity contribution in [2.75, 3.05) is 52.4 Å². The third kappa shape index (κ3) is 5.30. The molecule has 1 aliphatic heterocycles. The van der Waals surface area contributed by atoms with Crippen molar-refractivity contribution in [3.05, 3.63) is 29.8 Å². The van der Waals surface area contributed by atoms with Crippen LogP contribution in [0.2, 0.25) is 0 Å². The largest absolute Gasteiger partial charge is 0.492 e. The van der Waals surface area contributed by atoms with Crippen molar-refractivity contribution < 1.29 is 4.74 Å². The van der Waals surface area contributed by atoms with Crippen molar-refractivity contribution in [2.45, 2.75) is 20.4 Å². The highest BCUT2D eigenvalue weighted by Crippen LogP contribution is 2.21. The van der Waals surface area contributed by atoms with E-state index in [0.29, 0.717) is 0 Å². The van der Waals surface area contributed by atoms with Gasteiger partial charge in [0.25, 0.3) is 0 Å². The van der Waals surface area contributed by atoms with E-state index in [1.165, 1.54) is 5.56 Å². The van der Waals surface area contributed by atoms with E-state index in [-0.39, 0.29) is 0 Å². The van der Waals surface area contributed by atoms with Gasteiger partial charge in [0, 0.05) is 44.8 Å². The molecule has 0 fully saturated rings. The number of ether oxygens (including phenoxy) is 1. The van der Waals surface area contributed by atoms with E-state index in [1.807, 2.05) is 6.07 Å². The Balaban J connectivity index is 1.67. The lowest BCUT2D eigenvalue weighted by Gasteiger charge is -2.21. The molecule has 21 heavy (non-hydrogen) atoms. The van der Waals surface area contributed by atoms with Gasteiger partial charge < -0.3 is 15.0 Å². The number of nitrogens with zero attached hydrogens (tertiary/aromatic N) is 2. The fourth-order valence-corrected chi connectivity index (χ4v) is 2.71. The van der Waals surface area contributed by atoms with Gasteiger partial charge >= 0.3 is 0 Å². The van der Waals surface area contributed by atoms with Gasteiger partial charge in [-0.1, -0.05) is 32.0 Å². The monoisotopic (exact) mass is 291 g/mol. The van der Waals surface area contributed by atoms with Crippen molar-refractivity contribution in [3.8, 4) is 5.75 Å². The van der Waals surface area contributed by atoms with Crippen LogP contribution in [-0.2, 0) is 6.54 Å². The van der Waals surface area contributed by atoms with Crippen LogP contribution in [0.1, 0.15) is 19.4 Å². The normalized spacial score (nSPS) is 15.6. The van der Waals surface area contributed by atoms with Gasteiger partial charge in [0.1, 0.15) is 12.4 Å². The van der Waals surface area contributed by atoms with Gasteiger partial charge in [-0.3, -0.25) is 4.90 Å². The summed E-state index contributed by atoms with van der Waals surface area (Å²) in [6, 6.07) is 8.37. The second-order valence-corrected chi connectivity index (χ2v) is 5.51. The summed E-state index contributed by atoms with van der Waals surface area (Å²) in [6.07, 6.45) is 0. The number of hydrogen-bond acceptors (Lipinski definition) is 4. The maximum Gasteiger partial charge on any atom is 0.123 e. The maximum absolute atomic E-state index is 5.80. The van der Waals surface area contributed by atoms with Crippen molar-refractivity contribution >= 4 is 0 Å². The molecule has 0 spiro atoms. The number of fused-ring (bicyclic) bond motifs is 1. The van der Waals surface area contributed by atoms with Crippen LogP contribution in [0.3, 0.4) is 0 Å². The second-order valence-electron chi connectivity index (χ2n) is 5.51. The molecule has 1 heterocycles. The molecule has 1 aromatic carbocycles. The van der Waals surface area contributed by atoms with E-state index >= 15 is 0 Å². The molecule has 0 amide bonds. The SMILES string of the molecule is CCN(CC)CCNCCN1CCOc2ccccc2C1. The minimum absolute atomic E-state index is 0.788. The number of benzene rings is 1. The lowest BCUT2D eigenvalue weighted by molar-refractivity contribution is 0.224. The molecule has 1 aromatic rings. The number of hydrogen-bond donors (Lipinski definition) is 1. The first-order valence-electron chi connectivity index (χ1n) is 8.19. The Morgan fingerprint density at radius 3 is 2.81 bits per heavy atom. The van der Waals surface area contributed by atoms with Crippen molar-refractivity contribution in [3.63, 3.8) is 0 Å². The van der Waals surface area contributed by atoms with Crippen LogP contribution < -0.4 is 10.1 Å². The molecule has 4 nitrogen and oxygen atoms in total. The predicted molar refractivity (Wildman–Crippen MR) is 87.9 cm³/mol. The molecule has 0 aromatic heterocycles. The summed E-state index contributed by atoms with van der Waals surface area (Å²) in [5, 5.41) is 3.55. The summed E-state index contributed by atoms with van der Waals surface area (Å²) in [4.78, 5) is 4.92. The zero-order chi connectivity index (χ0) is 14.9. The fourth-order valence-electron chi connectivity index (χ4n) is 2.71. The molecule has 1 aliphatic rings. The Labute approximate surface area is 129 Å². The Bertz CT molecular complexity index is 407. The molecule has 118 valence electrons. The first kappa shape index (κ1) is 16.3. The van der Waals surface area contributed by atoms with Gasteiger partial charge in [0.15, 0.2) is 0 Å². The van der Waals surface area contributed by atoms with Crippen LogP contribution in [0, 0.1) is 0 Å². The third-order valence-corrected chi connectivity index (χ3v) is 4.14. The van der Waals surface area contributed by atoms with Crippen molar-refractivity contribution in [1.82, 2.24) is 15.1 Å². The summed E-state index contributed by atoms with van der Waals surface area (Å²) in [5.41, 5.74) is 1.30. The van der Waals surface area contributed by atoms with E-state index in [4.69, 9.17) is 4.74 Å². The van der Waals surface area contributed by atoms with Crippen molar-refractivity contribution in [1.29, 1.82) is 0 Å². The maximum atomic E-state index is 5.80. The molecule has 2 rings (SSSR count). The average molecular weight is 291 g/mol. The van der Waals surface area contributed by atoms with Gasteiger partial charge in [-0.15, -0.1) is 0 Å². The number of likely N-dealkylation sites (N-methyl/N-ethyl adjacent to an activating group) is 1. The lowest BCUT2D eigenvalue weighted by atomic mass is 10.2. The smallest absolute Gasteiger partial charge is 0.123 e. The molecular weight excluding hydrogens is 262 g/mol. The highest BCUT2D eigenvalue weighted by Gasteiger charge is 2.13. The number of rotatable bonds is 8. The molecule has 1 N–H and O–H groups in total. The van der Waals surface area contributed by atoms with Gasteiger partial charge in [-0.25, -0.2) is 0 Å². The summed E-state index contributed by atoms with van der Waals surface area (Å²) in [6.45, 7) is 13.8. The Hall–Kier alpha value is -1.10. The average Bonchev–Trinajstić information content (AvgIpc) is 2.72. The Morgan fingerprint density at radius 1 is 1.19 bits per heavy atom. The van der Waals surface area contributed by atoms with Gasteiger partial charge in [0.2, 0.25) is 0 Å². The summed E-state index contributed by atoms with van der Waals surface area (Å²) < 4.78 is 5.80. The van der Waals surface area contributed by atoms with Gasteiger partial charge in [0.05, 0.1) is 0 Å². The lowest BCUT2D eigenvalue weighted by Crippen LogP contribution is -2.37. The van der Waals surface area contributed by atoms with Crippen LogP contribution in [-0.4, -0.2) is 62.2 Å². The first-order chi connectivity index (χ1) is 10.3. The molecule has 0 saturated heterocycles. The number of nitrogens with one attached hydrogen (secondary N) is 1. The van der Waals surface area contributed by atoms with Crippen LogP contribution in [0.25, 0.3) is 0 Å². The first-order valence-corrected chi connectivity index (χ1v) is 8.19. The van der Waals surface area contributed by atoms with Crippen LogP contribution in [0.5, 0.6) is 5.75 Å². The molecule has 0 aliphatic carbocycles. The fraction of sp³-hybridized carbons (Fsp3) is 0.647. The standard InChI is InChI=1S/C17H29N3O/c1-3-19(4-2)11-9-18-10-12-20-13-14-21-17-8-6-5-7-16(17)15-20/h5-8,18H,3-4,9-15H2,1-2H3. The zero-order valence-electron chi connectivity index (χ0n) is 13.5. The van der Waals surface area contributed by atoms with Gasteiger partial charge in [-0.05, 0) is 19.2 Å². The minimum atomic E-state index is 0.788. The molecule has 0 radical (unpaired) electrons. The predicted octanol–water partition coefficient (Wildman–Crippen LogP) is 1.81. The quantitative estimate of drug-likeness (QED) is 0.739. The highest BCUT2D eigenvalue weighted by atomic mass is 16.5. The Morgan fingerprint density at radius 2 is 2.00 bits per heavy atom. The molecule has 0 unspecified atom stereocenters. The van der Waals surface area contributed by atoms with Crippen LogP contribution in [0.4, 0.5) is 0 Å².